The lowest BCUT2D eigenvalue weighted by Crippen LogP contribution is -2.21. The minimum absolute atomic E-state index is 0.0444. The fourth-order valence-corrected chi connectivity index (χ4v) is 4.08. The van der Waals surface area contributed by atoms with Crippen molar-refractivity contribution in [3.63, 3.8) is 0 Å². The molecule has 0 spiro atoms. The van der Waals surface area contributed by atoms with Gasteiger partial charge in [0.25, 0.3) is 5.91 Å². The number of unbranched alkanes of at least 4 members (excludes halogenated alkanes) is 1. The molecular formula is C21H25FN2O4S. The molecule has 0 bridgehead atoms. The van der Waals surface area contributed by atoms with Gasteiger partial charge in [-0.05, 0) is 61.7 Å². The van der Waals surface area contributed by atoms with Crippen molar-refractivity contribution in [2.24, 2.45) is 0 Å². The van der Waals surface area contributed by atoms with E-state index >= 15 is 0 Å². The van der Waals surface area contributed by atoms with E-state index in [4.69, 9.17) is 0 Å². The van der Waals surface area contributed by atoms with Gasteiger partial charge in [-0.3, -0.25) is 9.59 Å². The predicted molar refractivity (Wildman–Crippen MR) is 110 cm³/mol. The van der Waals surface area contributed by atoms with Gasteiger partial charge in [0.2, 0.25) is 5.91 Å². The summed E-state index contributed by atoms with van der Waals surface area (Å²) in [6, 6.07) is 9.99. The highest BCUT2D eigenvalue weighted by molar-refractivity contribution is 7.91. The van der Waals surface area contributed by atoms with Gasteiger partial charge in [-0.15, -0.1) is 0 Å². The summed E-state index contributed by atoms with van der Waals surface area (Å²) in [7, 11) is -0.263. The molecule has 0 saturated heterocycles. The normalized spacial score (nSPS) is 11.2. The molecule has 2 aromatic rings. The highest BCUT2D eigenvalue weighted by atomic mass is 32.2. The standard InChI is InChI=1S/C21H25FN2O4S/c1-15-13-17(10-11-19(15)22)23-21(26)16-7-6-8-18(14-16)29(27,28)12-5-4-9-20(25)24(2)3/h6-8,10-11,13-14H,4-5,9,12H2,1-3H3,(H,23,26). The molecule has 0 fully saturated rings. The van der Waals surface area contributed by atoms with Crippen LogP contribution in [-0.2, 0) is 14.6 Å². The van der Waals surface area contributed by atoms with Gasteiger partial charge in [0.1, 0.15) is 5.82 Å². The second-order valence-corrected chi connectivity index (χ2v) is 9.12. The second kappa shape index (κ2) is 9.65. The highest BCUT2D eigenvalue weighted by Gasteiger charge is 2.17. The summed E-state index contributed by atoms with van der Waals surface area (Å²) >= 11 is 0. The van der Waals surface area contributed by atoms with E-state index in [1.165, 1.54) is 47.4 Å². The van der Waals surface area contributed by atoms with Gasteiger partial charge >= 0.3 is 0 Å². The molecule has 156 valence electrons. The van der Waals surface area contributed by atoms with Gasteiger partial charge in [0.05, 0.1) is 10.6 Å². The molecule has 0 aromatic heterocycles. The first-order chi connectivity index (χ1) is 13.6. The van der Waals surface area contributed by atoms with Crippen LogP contribution >= 0.6 is 0 Å². The van der Waals surface area contributed by atoms with Crippen molar-refractivity contribution in [3.05, 3.63) is 59.4 Å². The zero-order valence-electron chi connectivity index (χ0n) is 16.7. The van der Waals surface area contributed by atoms with Crippen molar-refractivity contribution in [1.82, 2.24) is 4.90 Å². The van der Waals surface area contributed by atoms with Crippen molar-refractivity contribution in [3.8, 4) is 0 Å². The first kappa shape index (κ1) is 22.5. The maximum absolute atomic E-state index is 13.4. The minimum Gasteiger partial charge on any atom is -0.349 e. The third-order valence-electron chi connectivity index (χ3n) is 4.42. The number of hydrogen-bond donors (Lipinski definition) is 1. The summed E-state index contributed by atoms with van der Waals surface area (Å²) in [5.41, 5.74) is 1.01. The summed E-state index contributed by atoms with van der Waals surface area (Å²) in [4.78, 5) is 25.5. The molecule has 0 saturated carbocycles. The van der Waals surface area contributed by atoms with Crippen molar-refractivity contribution in [2.75, 3.05) is 25.2 Å². The second-order valence-electron chi connectivity index (χ2n) is 7.01. The lowest BCUT2D eigenvalue weighted by molar-refractivity contribution is -0.128. The third kappa shape index (κ3) is 6.39. The maximum atomic E-state index is 13.4. The number of carbonyl (C=O) groups is 2. The summed E-state index contributed by atoms with van der Waals surface area (Å²) in [6.07, 6.45) is 1.12. The molecule has 0 aliphatic heterocycles. The third-order valence-corrected chi connectivity index (χ3v) is 6.22. The number of nitrogens with zero attached hydrogens (tertiary/aromatic N) is 1. The molecule has 0 unspecified atom stereocenters. The van der Waals surface area contributed by atoms with Gasteiger partial charge in [-0.25, -0.2) is 12.8 Å². The van der Waals surface area contributed by atoms with Gasteiger partial charge in [-0.1, -0.05) is 6.07 Å². The number of halogens is 1. The molecule has 0 aliphatic rings. The van der Waals surface area contributed by atoms with Gasteiger partial charge < -0.3 is 10.2 Å². The molecule has 2 rings (SSSR count). The first-order valence-electron chi connectivity index (χ1n) is 9.20. The number of amides is 2. The molecule has 29 heavy (non-hydrogen) atoms. The predicted octanol–water partition coefficient (Wildman–Crippen LogP) is 3.42. The Morgan fingerprint density at radius 1 is 1.07 bits per heavy atom. The van der Waals surface area contributed by atoms with E-state index in [9.17, 15) is 22.4 Å². The van der Waals surface area contributed by atoms with E-state index in [-0.39, 0.29) is 27.9 Å². The Morgan fingerprint density at radius 3 is 2.45 bits per heavy atom. The largest absolute Gasteiger partial charge is 0.349 e. The van der Waals surface area contributed by atoms with E-state index in [0.29, 0.717) is 30.5 Å². The van der Waals surface area contributed by atoms with E-state index in [2.05, 4.69) is 5.32 Å². The van der Waals surface area contributed by atoms with Crippen LogP contribution in [0.25, 0.3) is 0 Å². The Labute approximate surface area is 170 Å². The zero-order chi connectivity index (χ0) is 21.6. The number of benzene rings is 2. The number of carbonyl (C=O) groups excluding carboxylic acids is 2. The molecule has 2 aromatic carbocycles. The topological polar surface area (TPSA) is 83.5 Å². The number of nitrogens with one attached hydrogen (secondary N) is 1. The Balaban J connectivity index is 2.04. The smallest absolute Gasteiger partial charge is 0.255 e. The Kier molecular flexibility index (Phi) is 7.50. The number of sulfone groups is 1. The minimum atomic E-state index is -3.57. The first-order valence-corrected chi connectivity index (χ1v) is 10.9. The van der Waals surface area contributed by atoms with Crippen LogP contribution in [0.15, 0.2) is 47.4 Å². The van der Waals surface area contributed by atoms with E-state index < -0.39 is 15.7 Å². The van der Waals surface area contributed by atoms with E-state index in [1.54, 1.807) is 21.0 Å². The Bertz CT molecular complexity index is 1000. The molecule has 1 N–H and O–H groups in total. The summed E-state index contributed by atoms with van der Waals surface area (Å²) in [6.45, 7) is 1.59. The average molecular weight is 421 g/mol. The zero-order valence-corrected chi connectivity index (χ0v) is 17.6. The quantitative estimate of drug-likeness (QED) is 0.664. The van der Waals surface area contributed by atoms with Gasteiger partial charge in [0.15, 0.2) is 9.84 Å². The van der Waals surface area contributed by atoms with Crippen molar-refractivity contribution < 1.29 is 22.4 Å². The average Bonchev–Trinajstić information content (AvgIpc) is 2.68. The number of anilines is 1. The van der Waals surface area contributed by atoms with Crippen LogP contribution in [0.4, 0.5) is 10.1 Å². The van der Waals surface area contributed by atoms with E-state index in [0.717, 1.165) is 0 Å². The fraction of sp³-hybridized carbons (Fsp3) is 0.333. The molecule has 2 amide bonds. The lowest BCUT2D eigenvalue weighted by Gasteiger charge is -2.10. The Hall–Kier alpha value is -2.74. The molecule has 0 heterocycles. The Morgan fingerprint density at radius 2 is 1.79 bits per heavy atom. The van der Waals surface area contributed by atoms with Gasteiger partial charge in [0, 0.05) is 31.8 Å². The summed E-state index contributed by atoms with van der Waals surface area (Å²) in [5.74, 6) is -0.999. The monoisotopic (exact) mass is 420 g/mol. The number of rotatable bonds is 8. The van der Waals surface area contributed by atoms with Crippen LogP contribution in [-0.4, -0.2) is 45.0 Å². The molecule has 0 atom stereocenters. The summed E-state index contributed by atoms with van der Waals surface area (Å²) in [5, 5.41) is 2.64. The molecular weight excluding hydrogens is 395 g/mol. The van der Waals surface area contributed by atoms with Crippen LogP contribution in [0.5, 0.6) is 0 Å². The van der Waals surface area contributed by atoms with Crippen molar-refractivity contribution in [1.29, 1.82) is 0 Å². The number of aryl methyl sites for hydroxylation is 1. The summed E-state index contributed by atoms with van der Waals surface area (Å²) < 4.78 is 38.5. The SMILES string of the molecule is Cc1cc(NC(=O)c2cccc(S(=O)(=O)CCCCC(=O)N(C)C)c2)ccc1F. The van der Waals surface area contributed by atoms with Crippen LogP contribution < -0.4 is 5.32 Å². The maximum Gasteiger partial charge on any atom is 0.255 e. The number of hydrogen-bond acceptors (Lipinski definition) is 4. The van der Waals surface area contributed by atoms with Crippen molar-refractivity contribution >= 4 is 27.3 Å². The van der Waals surface area contributed by atoms with Crippen LogP contribution in [0, 0.1) is 12.7 Å². The van der Waals surface area contributed by atoms with Crippen LogP contribution in [0.3, 0.4) is 0 Å². The molecule has 6 nitrogen and oxygen atoms in total. The van der Waals surface area contributed by atoms with Crippen LogP contribution in [0.1, 0.15) is 35.2 Å². The molecule has 0 aliphatic carbocycles. The highest BCUT2D eigenvalue weighted by Crippen LogP contribution is 2.18. The van der Waals surface area contributed by atoms with E-state index in [1.807, 2.05) is 0 Å². The molecule has 8 heteroatoms. The van der Waals surface area contributed by atoms with Gasteiger partial charge in [-0.2, -0.15) is 0 Å². The fourth-order valence-electron chi connectivity index (χ4n) is 2.67. The van der Waals surface area contributed by atoms with Crippen LogP contribution in [0.2, 0.25) is 0 Å². The van der Waals surface area contributed by atoms with Crippen molar-refractivity contribution in [2.45, 2.75) is 31.1 Å². The lowest BCUT2D eigenvalue weighted by atomic mass is 10.2. The molecule has 0 radical (unpaired) electrons.